The van der Waals surface area contributed by atoms with E-state index in [0.717, 1.165) is 23.4 Å². The number of carbonyl (C=O) groups excluding carboxylic acids is 1. The number of hydrogen-bond donors (Lipinski definition) is 2. The monoisotopic (exact) mass is 274 g/mol. The quantitative estimate of drug-likeness (QED) is 0.849. The fraction of sp³-hybridized carbons (Fsp3) is 0.467. The summed E-state index contributed by atoms with van der Waals surface area (Å²) in [5.74, 6) is 0.869. The van der Waals surface area contributed by atoms with Crippen LogP contribution in [0, 0.1) is 0 Å². The van der Waals surface area contributed by atoms with Gasteiger partial charge in [-0.25, -0.2) is 4.98 Å². The Morgan fingerprint density at radius 1 is 1.40 bits per heavy atom. The first-order valence-corrected chi connectivity index (χ1v) is 7.06. The Labute approximate surface area is 119 Å². The van der Waals surface area contributed by atoms with Crippen LogP contribution in [-0.2, 0) is 11.8 Å². The molecule has 5 heteroatoms. The average molecular weight is 274 g/mol. The Hall–Kier alpha value is -2.04. The number of anilines is 1. The molecule has 1 amide bonds. The molecule has 0 aliphatic rings. The minimum atomic E-state index is 0.0746. The molecule has 108 valence electrons. The van der Waals surface area contributed by atoms with E-state index in [1.165, 1.54) is 0 Å². The molecule has 0 radical (unpaired) electrons. The highest BCUT2D eigenvalue weighted by Crippen LogP contribution is 2.17. The highest BCUT2D eigenvalue weighted by Gasteiger charge is 2.08. The molecule has 1 heterocycles. The summed E-state index contributed by atoms with van der Waals surface area (Å²) in [7, 11) is 1.97. The van der Waals surface area contributed by atoms with Gasteiger partial charge in [0.1, 0.15) is 0 Å². The van der Waals surface area contributed by atoms with Crippen LogP contribution in [0.4, 0.5) is 5.95 Å². The number of aryl methyl sites for hydroxylation is 1. The number of carbonyl (C=O) groups is 1. The van der Waals surface area contributed by atoms with E-state index in [2.05, 4.69) is 22.5 Å². The van der Waals surface area contributed by atoms with Gasteiger partial charge in [-0.2, -0.15) is 0 Å². The third-order valence-electron chi connectivity index (χ3n) is 3.44. The van der Waals surface area contributed by atoms with Crippen molar-refractivity contribution in [1.29, 1.82) is 0 Å². The lowest BCUT2D eigenvalue weighted by atomic mass is 10.2. The van der Waals surface area contributed by atoms with E-state index in [1.807, 2.05) is 42.8 Å². The topological polar surface area (TPSA) is 59.0 Å². The predicted molar refractivity (Wildman–Crippen MR) is 81.7 cm³/mol. The van der Waals surface area contributed by atoms with E-state index < -0.39 is 0 Å². The molecule has 0 spiro atoms. The molecule has 0 aliphatic carbocycles. The van der Waals surface area contributed by atoms with E-state index >= 15 is 0 Å². The fourth-order valence-electron chi connectivity index (χ4n) is 2.04. The molecule has 1 aromatic carbocycles. The summed E-state index contributed by atoms with van der Waals surface area (Å²) < 4.78 is 2.00. The lowest BCUT2D eigenvalue weighted by molar-refractivity contribution is -0.121. The molecule has 2 rings (SSSR count). The molecule has 1 atom stereocenters. The molecule has 1 unspecified atom stereocenters. The highest BCUT2D eigenvalue weighted by atomic mass is 16.1. The van der Waals surface area contributed by atoms with Crippen molar-refractivity contribution in [3.63, 3.8) is 0 Å². The number of fused-ring (bicyclic) bond motifs is 1. The molecular weight excluding hydrogens is 252 g/mol. The molecule has 0 saturated heterocycles. The molecule has 0 saturated carbocycles. The summed E-state index contributed by atoms with van der Waals surface area (Å²) in [6.07, 6.45) is 1.40. The number of para-hydroxylation sites is 2. The van der Waals surface area contributed by atoms with Crippen molar-refractivity contribution in [2.24, 2.45) is 7.05 Å². The van der Waals surface area contributed by atoms with Gasteiger partial charge in [0.15, 0.2) is 0 Å². The Morgan fingerprint density at radius 3 is 2.85 bits per heavy atom. The maximum absolute atomic E-state index is 11.7. The molecule has 20 heavy (non-hydrogen) atoms. The van der Waals surface area contributed by atoms with Gasteiger partial charge in [0, 0.05) is 26.1 Å². The van der Waals surface area contributed by atoms with Crippen LogP contribution in [0.3, 0.4) is 0 Å². The fourth-order valence-corrected chi connectivity index (χ4v) is 2.04. The predicted octanol–water partition coefficient (Wildman–Crippen LogP) is 2.29. The van der Waals surface area contributed by atoms with Crippen LogP contribution in [0.2, 0.25) is 0 Å². The zero-order valence-corrected chi connectivity index (χ0v) is 12.3. The third kappa shape index (κ3) is 3.29. The molecule has 0 fully saturated rings. The van der Waals surface area contributed by atoms with Crippen molar-refractivity contribution in [3.05, 3.63) is 24.3 Å². The molecular formula is C15H22N4O. The van der Waals surface area contributed by atoms with Crippen LogP contribution >= 0.6 is 0 Å². The molecule has 2 aromatic rings. The number of nitrogens with one attached hydrogen (secondary N) is 2. The van der Waals surface area contributed by atoms with E-state index in [-0.39, 0.29) is 11.9 Å². The molecule has 2 N–H and O–H groups in total. The van der Waals surface area contributed by atoms with E-state index in [4.69, 9.17) is 0 Å². The van der Waals surface area contributed by atoms with E-state index in [1.54, 1.807) is 0 Å². The number of hydrogen-bond acceptors (Lipinski definition) is 3. The van der Waals surface area contributed by atoms with Crippen LogP contribution in [0.25, 0.3) is 11.0 Å². The van der Waals surface area contributed by atoms with Crippen molar-refractivity contribution < 1.29 is 4.79 Å². The summed E-state index contributed by atoms with van der Waals surface area (Å²) in [6, 6.07) is 8.21. The van der Waals surface area contributed by atoms with Crippen molar-refractivity contribution in [2.45, 2.75) is 32.7 Å². The van der Waals surface area contributed by atoms with E-state index in [9.17, 15) is 4.79 Å². The first-order chi connectivity index (χ1) is 9.61. The van der Waals surface area contributed by atoms with Gasteiger partial charge in [0.2, 0.25) is 11.9 Å². The third-order valence-corrected chi connectivity index (χ3v) is 3.44. The number of amides is 1. The normalized spacial score (nSPS) is 12.3. The van der Waals surface area contributed by atoms with Crippen molar-refractivity contribution >= 4 is 22.9 Å². The van der Waals surface area contributed by atoms with Gasteiger partial charge in [-0.15, -0.1) is 0 Å². The van der Waals surface area contributed by atoms with Gasteiger partial charge in [0.05, 0.1) is 11.0 Å². The standard InChI is InChI=1S/C15H22N4O/c1-4-11(2)17-14(20)9-10-16-15-18-12-7-5-6-8-13(12)19(15)3/h5-8,11H,4,9-10H2,1-3H3,(H,16,18)(H,17,20). The molecule has 1 aromatic heterocycles. The maximum atomic E-state index is 11.7. The summed E-state index contributed by atoms with van der Waals surface area (Å²) >= 11 is 0. The first-order valence-electron chi connectivity index (χ1n) is 7.06. The van der Waals surface area contributed by atoms with Crippen molar-refractivity contribution in [2.75, 3.05) is 11.9 Å². The second kappa shape index (κ2) is 6.41. The minimum absolute atomic E-state index is 0.0746. The SMILES string of the molecule is CCC(C)NC(=O)CCNc1nc2ccccc2n1C. The number of rotatable bonds is 6. The Morgan fingerprint density at radius 2 is 2.15 bits per heavy atom. The smallest absolute Gasteiger partial charge is 0.221 e. The summed E-state index contributed by atoms with van der Waals surface area (Å²) in [5, 5.41) is 6.17. The summed E-state index contributed by atoms with van der Waals surface area (Å²) in [5.41, 5.74) is 2.04. The summed E-state index contributed by atoms with van der Waals surface area (Å²) in [6.45, 7) is 4.65. The largest absolute Gasteiger partial charge is 0.355 e. The van der Waals surface area contributed by atoms with Crippen molar-refractivity contribution in [1.82, 2.24) is 14.9 Å². The van der Waals surface area contributed by atoms with Gasteiger partial charge < -0.3 is 15.2 Å². The highest BCUT2D eigenvalue weighted by molar-refractivity contribution is 5.79. The Balaban J connectivity index is 1.90. The van der Waals surface area contributed by atoms with Crippen LogP contribution in [0.15, 0.2) is 24.3 Å². The van der Waals surface area contributed by atoms with Crippen LogP contribution in [0.1, 0.15) is 26.7 Å². The Kier molecular flexibility index (Phi) is 4.61. The van der Waals surface area contributed by atoms with Gasteiger partial charge in [-0.05, 0) is 25.5 Å². The summed E-state index contributed by atoms with van der Waals surface area (Å²) in [4.78, 5) is 16.2. The lowest BCUT2D eigenvalue weighted by Crippen LogP contribution is -2.33. The first kappa shape index (κ1) is 14.4. The van der Waals surface area contributed by atoms with Crippen LogP contribution in [-0.4, -0.2) is 28.0 Å². The van der Waals surface area contributed by atoms with Crippen molar-refractivity contribution in [3.8, 4) is 0 Å². The van der Waals surface area contributed by atoms with Crippen LogP contribution < -0.4 is 10.6 Å². The molecule has 0 bridgehead atoms. The Bertz CT molecular complexity index is 591. The number of benzene rings is 1. The van der Waals surface area contributed by atoms with E-state index in [0.29, 0.717) is 13.0 Å². The number of imidazole rings is 1. The second-order valence-corrected chi connectivity index (χ2v) is 5.04. The zero-order chi connectivity index (χ0) is 14.5. The zero-order valence-electron chi connectivity index (χ0n) is 12.3. The van der Waals surface area contributed by atoms with Gasteiger partial charge in [-0.3, -0.25) is 4.79 Å². The number of nitrogens with zero attached hydrogens (tertiary/aromatic N) is 2. The molecule has 5 nitrogen and oxygen atoms in total. The number of aromatic nitrogens is 2. The minimum Gasteiger partial charge on any atom is -0.355 e. The lowest BCUT2D eigenvalue weighted by Gasteiger charge is -2.11. The van der Waals surface area contributed by atoms with Gasteiger partial charge in [0.25, 0.3) is 0 Å². The van der Waals surface area contributed by atoms with Gasteiger partial charge in [-0.1, -0.05) is 19.1 Å². The molecule has 0 aliphatic heterocycles. The average Bonchev–Trinajstić information content (AvgIpc) is 2.76. The maximum Gasteiger partial charge on any atom is 0.221 e. The second-order valence-electron chi connectivity index (χ2n) is 5.04. The van der Waals surface area contributed by atoms with Gasteiger partial charge >= 0.3 is 0 Å². The van der Waals surface area contributed by atoms with Crippen LogP contribution in [0.5, 0.6) is 0 Å².